The fraction of sp³-hybridized carbons (Fsp3) is 0.0588. The summed E-state index contributed by atoms with van der Waals surface area (Å²) in [4.78, 5) is 19.8. The molecule has 0 saturated carbocycles. The van der Waals surface area contributed by atoms with E-state index in [4.69, 9.17) is 9.15 Å². The molecule has 0 spiro atoms. The second-order valence-electron chi connectivity index (χ2n) is 4.95. The Kier molecular flexibility index (Phi) is 2.72. The zero-order valence-corrected chi connectivity index (χ0v) is 11.8. The van der Waals surface area contributed by atoms with Crippen molar-refractivity contribution < 1.29 is 9.15 Å². The number of rotatable bonds is 2. The average molecular weight is 292 g/mol. The van der Waals surface area contributed by atoms with Gasteiger partial charge in [-0.05, 0) is 36.4 Å². The SMILES string of the molecule is COc1ccc2oc(=O)c(-c3nc4ccccc4[nH]3)cc2c1. The van der Waals surface area contributed by atoms with E-state index in [9.17, 15) is 4.79 Å². The summed E-state index contributed by atoms with van der Waals surface area (Å²) in [5.74, 6) is 1.21. The highest BCUT2D eigenvalue weighted by molar-refractivity contribution is 5.84. The summed E-state index contributed by atoms with van der Waals surface area (Å²) in [6.07, 6.45) is 0. The number of aromatic nitrogens is 2. The molecule has 0 amide bonds. The van der Waals surface area contributed by atoms with Crippen molar-refractivity contribution in [1.82, 2.24) is 9.97 Å². The zero-order chi connectivity index (χ0) is 15.1. The molecule has 4 rings (SSSR count). The van der Waals surface area contributed by atoms with Gasteiger partial charge in [0.2, 0.25) is 0 Å². The highest BCUT2D eigenvalue weighted by Crippen LogP contribution is 2.24. The van der Waals surface area contributed by atoms with Gasteiger partial charge in [-0.25, -0.2) is 9.78 Å². The first-order chi connectivity index (χ1) is 10.7. The Bertz CT molecular complexity index is 1010. The van der Waals surface area contributed by atoms with Gasteiger partial charge in [0, 0.05) is 5.39 Å². The van der Waals surface area contributed by atoms with Gasteiger partial charge in [-0.1, -0.05) is 12.1 Å². The molecule has 4 aromatic rings. The molecule has 0 saturated heterocycles. The van der Waals surface area contributed by atoms with Gasteiger partial charge in [0.25, 0.3) is 0 Å². The van der Waals surface area contributed by atoms with Crippen LogP contribution in [0.2, 0.25) is 0 Å². The number of hydrogen-bond donors (Lipinski definition) is 1. The lowest BCUT2D eigenvalue weighted by Crippen LogP contribution is -2.03. The fourth-order valence-electron chi connectivity index (χ4n) is 2.47. The monoisotopic (exact) mass is 292 g/mol. The average Bonchev–Trinajstić information content (AvgIpc) is 2.97. The Balaban J connectivity index is 1.96. The first-order valence-corrected chi connectivity index (χ1v) is 6.81. The largest absolute Gasteiger partial charge is 0.497 e. The molecule has 0 unspecified atom stereocenters. The Morgan fingerprint density at radius 2 is 2.00 bits per heavy atom. The molecule has 0 aliphatic carbocycles. The molecule has 0 radical (unpaired) electrons. The van der Waals surface area contributed by atoms with E-state index < -0.39 is 5.63 Å². The van der Waals surface area contributed by atoms with Crippen molar-refractivity contribution in [2.24, 2.45) is 0 Å². The summed E-state index contributed by atoms with van der Waals surface area (Å²) in [5, 5.41) is 0.786. The van der Waals surface area contributed by atoms with Crippen molar-refractivity contribution in [3.63, 3.8) is 0 Å². The highest BCUT2D eigenvalue weighted by atomic mass is 16.5. The van der Waals surface area contributed by atoms with E-state index in [-0.39, 0.29) is 0 Å². The van der Waals surface area contributed by atoms with E-state index in [0.717, 1.165) is 16.4 Å². The van der Waals surface area contributed by atoms with Crippen LogP contribution in [0.25, 0.3) is 33.4 Å². The van der Waals surface area contributed by atoms with Gasteiger partial charge in [-0.15, -0.1) is 0 Å². The Hall–Kier alpha value is -3.08. The van der Waals surface area contributed by atoms with E-state index in [1.54, 1.807) is 25.3 Å². The molecule has 2 heterocycles. The molecule has 5 nitrogen and oxygen atoms in total. The third-order valence-corrected chi connectivity index (χ3v) is 3.58. The van der Waals surface area contributed by atoms with Crippen LogP contribution in [-0.4, -0.2) is 17.1 Å². The number of H-pyrrole nitrogens is 1. The Morgan fingerprint density at radius 1 is 1.14 bits per heavy atom. The third-order valence-electron chi connectivity index (χ3n) is 3.58. The summed E-state index contributed by atoms with van der Waals surface area (Å²) >= 11 is 0. The van der Waals surface area contributed by atoms with Crippen molar-refractivity contribution in [3.05, 3.63) is 59.0 Å². The lowest BCUT2D eigenvalue weighted by atomic mass is 10.1. The Morgan fingerprint density at radius 3 is 2.82 bits per heavy atom. The normalized spacial score (nSPS) is 11.1. The molecule has 0 fully saturated rings. The molecular weight excluding hydrogens is 280 g/mol. The number of methoxy groups -OCH3 is 1. The molecule has 108 valence electrons. The molecule has 0 aliphatic rings. The summed E-state index contributed by atoms with van der Waals surface area (Å²) in [5.41, 5.74) is 2.18. The minimum absolute atomic E-state index is 0.400. The summed E-state index contributed by atoms with van der Waals surface area (Å²) in [6, 6.07) is 14.7. The van der Waals surface area contributed by atoms with Gasteiger partial charge >= 0.3 is 5.63 Å². The number of nitrogens with one attached hydrogen (secondary N) is 1. The quantitative estimate of drug-likeness (QED) is 0.575. The van der Waals surface area contributed by atoms with Crippen LogP contribution in [0.1, 0.15) is 0 Å². The second-order valence-corrected chi connectivity index (χ2v) is 4.95. The molecule has 0 bridgehead atoms. The second kappa shape index (κ2) is 4.73. The molecule has 0 aliphatic heterocycles. The minimum atomic E-state index is -0.420. The maximum absolute atomic E-state index is 12.2. The van der Waals surface area contributed by atoms with Gasteiger partial charge in [0.1, 0.15) is 22.7 Å². The van der Waals surface area contributed by atoms with Crippen LogP contribution in [0.5, 0.6) is 5.75 Å². The fourth-order valence-corrected chi connectivity index (χ4v) is 2.47. The lowest BCUT2D eigenvalue weighted by molar-refractivity contribution is 0.415. The number of ether oxygens (including phenoxy) is 1. The van der Waals surface area contributed by atoms with Gasteiger partial charge in [-0.2, -0.15) is 0 Å². The number of benzene rings is 2. The van der Waals surface area contributed by atoms with E-state index in [2.05, 4.69) is 9.97 Å². The predicted octanol–water partition coefficient (Wildman–Crippen LogP) is 3.34. The molecule has 22 heavy (non-hydrogen) atoms. The van der Waals surface area contributed by atoms with Gasteiger partial charge in [0.15, 0.2) is 0 Å². The summed E-state index contributed by atoms with van der Waals surface area (Å²) in [7, 11) is 1.60. The van der Waals surface area contributed by atoms with Crippen molar-refractivity contribution >= 4 is 22.0 Å². The molecule has 2 aromatic heterocycles. The summed E-state index contributed by atoms with van der Waals surface area (Å²) < 4.78 is 10.6. The highest BCUT2D eigenvalue weighted by Gasteiger charge is 2.12. The first-order valence-electron chi connectivity index (χ1n) is 6.81. The number of imidazole rings is 1. The molecule has 2 aromatic carbocycles. The number of aromatic amines is 1. The Labute approximate surface area is 125 Å². The topological polar surface area (TPSA) is 68.1 Å². The summed E-state index contributed by atoms with van der Waals surface area (Å²) in [6.45, 7) is 0. The van der Waals surface area contributed by atoms with E-state index >= 15 is 0 Å². The zero-order valence-electron chi connectivity index (χ0n) is 11.8. The molecule has 5 heteroatoms. The lowest BCUT2D eigenvalue weighted by Gasteiger charge is -2.02. The number of fused-ring (bicyclic) bond motifs is 2. The number of nitrogens with zero attached hydrogens (tertiary/aromatic N) is 1. The van der Waals surface area contributed by atoms with Crippen molar-refractivity contribution in [2.45, 2.75) is 0 Å². The van der Waals surface area contributed by atoms with Gasteiger partial charge in [-0.3, -0.25) is 0 Å². The smallest absolute Gasteiger partial charge is 0.347 e. The van der Waals surface area contributed by atoms with E-state index in [1.165, 1.54) is 0 Å². The van der Waals surface area contributed by atoms with Crippen LogP contribution in [0.4, 0.5) is 0 Å². The van der Waals surface area contributed by atoms with Crippen molar-refractivity contribution in [3.8, 4) is 17.1 Å². The maximum Gasteiger partial charge on any atom is 0.347 e. The first kappa shape index (κ1) is 12.6. The molecule has 0 atom stereocenters. The molecule has 1 N–H and O–H groups in total. The van der Waals surface area contributed by atoms with E-state index in [1.807, 2.05) is 30.3 Å². The number of para-hydroxylation sites is 2. The van der Waals surface area contributed by atoms with Crippen LogP contribution in [0.3, 0.4) is 0 Å². The predicted molar refractivity (Wildman–Crippen MR) is 84.1 cm³/mol. The van der Waals surface area contributed by atoms with Crippen LogP contribution in [-0.2, 0) is 0 Å². The third kappa shape index (κ3) is 1.95. The van der Waals surface area contributed by atoms with Crippen LogP contribution < -0.4 is 10.4 Å². The standard InChI is InChI=1S/C17H12N2O3/c1-21-11-6-7-15-10(8-11)9-12(17(20)22-15)16-18-13-4-2-3-5-14(13)19-16/h2-9H,1H3,(H,18,19). The maximum atomic E-state index is 12.2. The van der Waals surface area contributed by atoms with Crippen LogP contribution >= 0.6 is 0 Å². The number of hydrogen-bond acceptors (Lipinski definition) is 4. The van der Waals surface area contributed by atoms with Gasteiger partial charge in [0.05, 0.1) is 18.1 Å². The van der Waals surface area contributed by atoms with Crippen molar-refractivity contribution in [1.29, 1.82) is 0 Å². The van der Waals surface area contributed by atoms with Crippen LogP contribution in [0.15, 0.2) is 57.7 Å². The van der Waals surface area contributed by atoms with Crippen molar-refractivity contribution in [2.75, 3.05) is 7.11 Å². The minimum Gasteiger partial charge on any atom is -0.497 e. The van der Waals surface area contributed by atoms with E-state index in [0.29, 0.717) is 22.7 Å². The van der Waals surface area contributed by atoms with Crippen LogP contribution in [0, 0.1) is 0 Å². The van der Waals surface area contributed by atoms with Gasteiger partial charge < -0.3 is 14.1 Å². The molecular formula is C17H12N2O3.